The predicted octanol–water partition coefficient (Wildman–Crippen LogP) is 4.98. The Balaban J connectivity index is 1.44. The lowest BCUT2D eigenvalue weighted by molar-refractivity contribution is -0.155. The normalized spacial score (nSPS) is 38.5. The minimum atomic E-state index is -0.630. The van der Waals surface area contributed by atoms with Gasteiger partial charge >= 0.3 is 5.97 Å². The maximum Gasteiger partial charge on any atom is 0.306 e. The molecule has 0 aromatic heterocycles. The lowest BCUT2D eigenvalue weighted by atomic mass is 9.90. The van der Waals surface area contributed by atoms with Crippen LogP contribution < -0.4 is 0 Å². The average Bonchev–Trinajstić information content (AvgIpc) is 3.63. The average molecular weight is 531 g/mol. The van der Waals surface area contributed by atoms with Crippen LogP contribution in [0.4, 0.5) is 0 Å². The van der Waals surface area contributed by atoms with Gasteiger partial charge in [-0.15, -0.1) is 0 Å². The molecule has 0 spiro atoms. The molecule has 7 heteroatoms. The van der Waals surface area contributed by atoms with Gasteiger partial charge in [0, 0.05) is 20.0 Å². The van der Waals surface area contributed by atoms with E-state index >= 15 is 0 Å². The van der Waals surface area contributed by atoms with Crippen molar-refractivity contribution in [3.05, 3.63) is 48.1 Å². The number of aliphatic hydroxyl groups is 1. The van der Waals surface area contributed by atoms with E-state index in [1.54, 1.807) is 7.11 Å². The van der Waals surface area contributed by atoms with Crippen LogP contribution in [0, 0.1) is 5.92 Å². The summed E-state index contributed by atoms with van der Waals surface area (Å²) in [6.07, 6.45) is 14.7. The molecular formula is C31H46O7. The van der Waals surface area contributed by atoms with Gasteiger partial charge in [-0.25, -0.2) is 0 Å². The molecule has 2 fully saturated rings. The second kappa shape index (κ2) is 14.0. The molecule has 0 amide bonds. The highest BCUT2D eigenvalue weighted by Crippen LogP contribution is 2.35. The fraction of sp³-hybridized carbons (Fsp3) is 0.710. The van der Waals surface area contributed by atoms with Crippen molar-refractivity contribution in [2.75, 3.05) is 13.7 Å². The van der Waals surface area contributed by atoms with Crippen LogP contribution in [0.3, 0.4) is 0 Å². The molecule has 4 aliphatic heterocycles. The van der Waals surface area contributed by atoms with Crippen molar-refractivity contribution in [1.29, 1.82) is 0 Å². The van der Waals surface area contributed by atoms with Crippen molar-refractivity contribution in [3.8, 4) is 0 Å². The number of cyclic esters (lactones) is 1. The van der Waals surface area contributed by atoms with Crippen LogP contribution >= 0.6 is 0 Å². The highest BCUT2D eigenvalue weighted by molar-refractivity contribution is 5.69. The lowest BCUT2D eigenvalue weighted by Crippen LogP contribution is -2.34. The van der Waals surface area contributed by atoms with Gasteiger partial charge in [0.2, 0.25) is 0 Å². The summed E-state index contributed by atoms with van der Waals surface area (Å²) in [7, 11) is 1.62. The first kappa shape index (κ1) is 29.2. The molecule has 7 nitrogen and oxygen atoms in total. The number of ether oxygens (including phenoxy) is 5. The molecular weight excluding hydrogens is 484 g/mol. The third kappa shape index (κ3) is 8.88. The summed E-state index contributed by atoms with van der Waals surface area (Å²) in [6, 6.07) is 0. The zero-order valence-electron chi connectivity index (χ0n) is 23.3. The van der Waals surface area contributed by atoms with E-state index in [1.807, 2.05) is 12.2 Å². The number of carbonyl (C=O) groups excluding carboxylic acids is 1. The van der Waals surface area contributed by atoms with E-state index in [2.05, 4.69) is 38.7 Å². The number of fused-ring (bicyclic) bond motifs is 3. The van der Waals surface area contributed by atoms with Crippen molar-refractivity contribution in [3.63, 3.8) is 0 Å². The molecule has 0 unspecified atom stereocenters. The Hall–Kier alpha value is -1.77. The first-order valence-corrected chi connectivity index (χ1v) is 14.3. The van der Waals surface area contributed by atoms with Gasteiger partial charge in [-0.2, -0.15) is 0 Å². The third-order valence-electron chi connectivity index (χ3n) is 7.95. The minimum absolute atomic E-state index is 0.0248. The van der Waals surface area contributed by atoms with Gasteiger partial charge in [-0.05, 0) is 57.8 Å². The zero-order chi connectivity index (χ0) is 27.1. The van der Waals surface area contributed by atoms with Crippen LogP contribution in [-0.2, 0) is 28.5 Å². The second-order valence-corrected chi connectivity index (χ2v) is 11.5. The van der Waals surface area contributed by atoms with E-state index in [0.717, 1.165) is 37.7 Å². The summed E-state index contributed by atoms with van der Waals surface area (Å²) in [6.45, 7) is 9.15. The van der Waals surface area contributed by atoms with E-state index in [-0.39, 0.29) is 36.5 Å². The Kier molecular flexibility index (Phi) is 10.8. The van der Waals surface area contributed by atoms with Crippen LogP contribution in [0.5, 0.6) is 0 Å². The van der Waals surface area contributed by atoms with Crippen LogP contribution in [0.2, 0.25) is 0 Å². The smallest absolute Gasteiger partial charge is 0.306 e. The number of epoxide rings is 1. The number of carbonyl (C=O) groups is 1. The van der Waals surface area contributed by atoms with Gasteiger partial charge in [0.15, 0.2) is 0 Å². The molecule has 2 bridgehead atoms. The van der Waals surface area contributed by atoms with Crippen molar-refractivity contribution >= 4 is 5.97 Å². The summed E-state index contributed by atoms with van der Waals surface area (Å²) in [5.74, 6) is 0.165. The third-order valence-corrected chi connectivity index (χ3v) is 7.95. The molecule has 9 atom stereocenters. The number of aliphatic hydroxyl groups excluding tert-OH is 1. The molecule has 212 valence electrons. The Morgan fingerprint density at radius 2 is 2.05 bits per heavy atom. The van der Waals surface area contributed by atoms with Gasteiger partial charge in [-0.3, -0.25) is 4.79 Å². The summed E-state index contributed by atoms with van der Waals surface area (Å²) >= 11 is 0. The van der Waals surface area contributed by atoms with E-state index in [9.17, 15) is 9.90 Å². The van der Waals surface area contributed by atoms with E-state index in [4.69, 9.17) is 23.7 Å². The number of hydrogen-bond acceptors (Lipinski definition) is 7. The fourth-order valence-electron chi connectivity index (χ4n) is 5.89. The molecule has 0 aromatic carbocycles. The summed E-state index contributed by atoms with van der Waals surface area (Å²) in [5, 5.41) is 10.8. The molecule has 0 aromatic rings. The quantitative estimate of drug-likeness (QED) is 0.312. The monoisotopic (exact) mass is 530 g/mol. The summed E-state index contributed by atoms with van der Waals surface area (Å²) < 4.78 is 29.7. The van der Waals surface area contributed by atoms with Crippen LogP contribution in [0.25, 0.3) is 0 Å². The first-order chi connectivity index (χ1) is 18.3. The summed E-state index contributed by atoms with van der Waals surface area (Å²) in [4.78, 5) is 12.9. The van der Waals surface area contributed by atoms with Crippen molar-refractivity contribution in [1.82, 2.24) is 0 Å². The molecule has 0 radical (unpaired) electrons. The van der Waals surface area contributed by atoms with E-state index in [0.29, 0.717) is 38.2 Å². The molecule has 38 heavy (non-hydrogen) atoms. The largest absolute Gasteiger partial charge is 0.459 e. The Morgan fingerprint density at radius 1 is 1.21 bits per heavy atom. The van der Waals surface area contributed by atoms with Crippen molar-refractivity contribution in [2.24, 2.45) is 5.92 Å². The first-order valence-electron chi connectivity index (χ1n) is 14.3. The lowest BCUT2D eigenvalue weighted by Gasteiger charge is -2.29. The predicted molar refractivity (Wildman–Crippen MR) is 146 cm³/mol. The van der Waals surface area contributed by atoms with Gasteiger partial charge in [0.05, 0.1) is 37.1 Å². The Morgan fingerprint density at radius 3 is 2.84 bits per heavy atom. The van der Waals surface area contributed by atoms with Crippen molar-refractivity contribution in [2.45, 2.75) is 120 Å². The highest BCUT2D eigenvalue weighted by Gasteiger charge is 2.47. The maximum atomic E-state index is 12.9. The molecule has 4 aliphatic rings. The van der Waals surface area contributed by atoms with Gasteiger partial charge < -0.3 is 28.8 Å². The SMILES string of the molecule is C=C1C[C@H](C)C[C@@H]2CC=C[C@@H](CCCC(=O)O[C@H]([C@H](/C=C/[C@@H]3CC(C)=CCO3)OC)C[C@H]3O[C@H]3[C@@H](O)C1)O2. The van der Waals surface area contributed by atoms with Crippen molar-refractivity contribution < 1.29 is 33.6 Å². The Labute approximate surface area is 227 Å². The highest BCUT2D eigenvalue weighted by atomic mass is 16.6. The molecule has 0 aliphatic carbocycles. The molecule has 0 saturated carbocycles. The van der Waals surface area contributed by atoms with Crippen LogP contribution in [0.15, 0.2) is 48.1 Å². The topological polar surface area (TPSA) is 86.8 Å². The number of rotatable bonds is 4. The standard InChI is InChI=1S/C31H46O7/c1-20-13-14-35-24(16-20)11-12-27(34-4)28-19-29-31(38-29)26(32)18-22(3)15-21(2)17-25-9-5-7-23(36-25)8-6-10-30(33)37-28/h5,7,11-13,21,23-29,31-32H,3,6,8-10,14-19H2,1-2,4H3/b12-11+/t21-,23-,24+,25-,26-,27-,28-,29+,31-/m0/s1. The van der Waals surface area contributed by atoms with Gasteiger partial charge in [-0.1, -0.05) is 55.0 Å². The number of methoxy groups -OCH3 is 1. The maximum absolute atomic E-state index is 12.9. The Bertz CT molecular complexity index is 893. The van der Waals surface area contributed by atoms with E-state index in [1.165, 1.54) is 5.57 Å². The molecule has 4 rings (SSSR count). The van der Waals surface area contributed by atoms with Gasteiger partial charge in [0.25, 0.3) is 0 Å². The fourth-order valence-corrected chi connectivity index (χ4v) is 5.89. The molecule has 1 N–H and O–H groups in total. The molecule has 4 heterocycles. The zero-order valence-corrected chi connectivity index (χ0v) is 23.3. The second-order valence-electron chi connectivity index (χ2n) is 11.5. The number of esters is 1. The molecule has 2 saturated heterocycles. The van der Waals surface area contributed by atoms with E-state index < -0.39 is 18.3 Å². The number of hydrogen-bond donors (Lipinski definition) is 1. The van der Waals surface area contributed by atoms with Gasteiger partial charge in [0.1, 0.15) is 18.3 Å². The van der Waals surface area contributed by atoms with Crippen LogP contribution in [-0.4, -0.2) is 73.6 Å². The summed E-state index contributed by atoms with van der Waals surface area (Å²) in [5.41, 5.74) is 2.32. The van der Waals surface area contributed by atoms with Crippen LogP contribution in [0.1, 0.15) is 71.6 Å². The minimum Gasteiger partial charge on any atom is -0.459 e.